The summed E-state index contributed by atoms with van der Waals surface area (Å²) >= 11 is 17.0. The average molecular weight is 487 g/mol. The standard InChI is InChI=1S/C19H20Cl2N4O3S2/c1-30(27,28)25-10-8-24(9-11-25)15-5-3-14(4-6-15)22-19(29)23-18(26)13-2-7-16(20)17(21)12-13/h2-7,12H,8-11H2,1H3,(H2,22,23,26,29). The zero-order valence-electron chi connectivity index (χ0n) is 16.1. The highest BCUT2D eigenvalue weighted by molar-refractivity contribution is 7.88. The van der Waals surface area contributed by atoms with Crippen molar-refractivity contribution in [1.82, 2.24) is 9.62 Å². The number of anilines is 2. The minimum absolute atomic E-state index is 0.153. The van der Waals surface area contributed by atoms with Crippen molar-refractivity contribution in [1.29, 1.82) is 0 Å². The van der Waals surface area contributed by atoms with Crippen LogP contribution in [0.5, 0.6) is 0 Å². The number of sulfonamides is 1. The molecule has 1 aliphatic rings. The molecule has 0 bridgehead atoms. The van der Waals surface area contributed by atoms with E-state index < -0.39 is 15.9 Å². The summed E-state index contributed by atoms with van der Waals surface area (Å²) in [5.41, 5.74) is 2.05. The number of hydrogen-bond donors (Lipinski definition) is 2. The Morgan fingerprint density at radius 3 is 2.20 bits per heavy atom. The summed E-state index contributed by atoms with van der Waals surface area (Å²) in [6.45, 7) is 2.17. The van der Waals surface area contributed by atoms with Gasteiger partial charge < -0.3 is 10.2 Å². The lowest BCUT2D eigenvalue weighted by atomic mass is 10.2. The largest absolute Gasteiger partial charge is 0.369 e. The molecule has 2 aromatic carbocycles. The van der Waals surface area contributed by atoms with Gasteiger partial charge in [-0.1, -0.05) is 23.2 Å². The van der Waals surface area contributed by atoms with Crippen LogP contribution in [-0.2, 0) is 10.0 Å². The molecule has 0 spiro atoms. The van der Waals surface area contributed by atoms with Gasteiger partial charge in [0.1, 0.15) is 0 Å². The highest BCUT2D eigenvalue weighted by Crippen LogP contribution is 2.23. The number of carbonyl (C=O) groups is 1. The van der Waals surface area contributed by atoms with Crippen molar-refractivity contribution in [3.05, 3.63) is 58.1 Å². The fourth-order valence-electron chi connectivity index (χ4n) is 3.01. The van der Waals surface area contributed by atoms with Crippen LogP contribution in [0.25, 0.3) is 0 Å². The first kappa shape index (κ1) is 22.8. The van der Waals surface area contributed by atoms with Gasteiger partial charge in [-0.15, -0.1) is 0 Å². The molecule has 0 aliphatic carbocycles. The van der Waals surface area contributed by atoms with E-state index in [9.17, 15) is 13.2 Å². The molecule has 0 unspecified atom stereocenters. The zero-order valence-corrected chi connectivity index (χ0v) is 19.2. The third-order valence-corrected chi connectivity index (χ3v) is 6.85. The number of carbonyl (C=O) groups excluding carboxylic acids is 1. The summed E-state index contributed by atoms with van der Waals surface area (Å²) in [7, 11) is -3.15. The van der Waals surface area contributed by atoms with Gasteiger partial charge >= 0.3 is 0 Å². The molecule has 1 aliphatic heterocycles. The lowest BCUT2D eigenvalue weighted by Gasteiger charge is -2.34. The van der Waals surface area contributed by atoms with Crippen LogP contribution in [0.3, 0.4) is 0 Å². The molecular weight excluding hydrogens is 467 g/mol. The molecule has 2 aromatic rings. The van der Waals surface area contributed by atoms with Gasteiger partial charge in [-0.3, -0.25) is 10.1 Å². The summed E-state index contributed by atoms with van der Waals surface area (Å²) < 4.78 is 24.7. The predicted octanol–water partition coefficient (Wildman–Crippen LogP) is 3.20. The number of halogens is 2. The topological polar surface area (TPSA) is 81.8 Å². The fourth-order valence-corrected chi connectivity index (χ4v) is 4.34. The Bertz CT molecular complexity index is 1050. The second kappa shape index (κ2) is 9.49. The molecule has 0 aromatic heterocycles. The summed E-state index contributed by atoms with van der Waals surface area (Å²) in [6, 6.07) is 12.1. The first-order chi connectivity index (χ1) is 14.1. The normalized spacial score (nSPS) is 15.0. The minimum Gasteiger partial charge on any atom is -0.369 e. The maximum Gasteiger partial charge on any atom is 0.257 e. The van der Waals surface area contributed by atoms with Crippen LogP contribution in [-0.4, -0.2) is 56.2 Å². The van der Waals surface area contributed by atoms with Crippen molar-refractivity contribution in [3.63, 3.8) is 0 Å². The van der Waals surface area contributed by atoms with Crippen LogP contribution in [0.15, 0.2) is 42.5 Å². The quantitative estimate of drug-likeness (QED) is 0.645. The predicted molar refractivity (Wildman–Crippen MR) is 125 cm³/mol. The molecule has 0 radical (unpaired) electrons. The van der Waals surface area contributed by atoms with Crippen molar-refractivity contribution >= 4 is 67.8 Å². The summed E-state index contributed by atoms with van der Waals surface area (Å²) in [5, 5.41) is 6.36. The molecule has 2 N–H and O–H groups in total. The van der Waals surface area contributed by atoms with Gasteiger partial charge in [-0.05, 0) is 54.7 Å². The van der Waals surface area contributed by atoms with Crippen LogP contribution in [0.1, 0.15) is 10.4 Å². The Hall–Kier alpha value is -1.91. The number of amides is 1. The van der Waals surface area contributed by atoms with Crippen LogP contribution < -0.4 is 15.5 Å². The third-order valence-electron chi connectivity index (χ3n) is 4.61. The molecule has 7 nitrogen and oxygen atoms in total. The Labute approximate surface area is 191 Å². The lowest BCUT2D eigenvalue weighted by Crippen LogP contribution is -2.48. The summed E-state index contributed by atoms with van der Waals surface area (Å²) in [6.07, 6.45) is 1.23. The smallest absolute Gasteiger partial charge is 0.257 e. The van der Waals surface area contributed by atoms with E-state index in [1.807, 2.05) is 24.3 Å². The van der Waals surface area contributed by atoms with Crippen LogP contribution in [0.4, 0.5) is 11.4 Å². The molecule has 11 heteroatoms. The monoisotopic (exact) mass is 486 g/mol. The number of thiocarbonyl (C=S) groups is 1. The van der Waals surface area contributed by atoms with Crippen LogP contribution in [0, 0.1) is 0 Å². The van der Waals surface area contributed by atoms with Crippen molar-refractivity contribution in [3.8, 4) is 0 Å². The second-order valence-electron chi connectivity index (χ2n) is 6.73. The van der Waals surface area contributed by atoms with E-state index in [2.05, 4.69) is 15.5 Å². The fraction of sp³-hybridized carbons (Fsp3) is 0.263. The highest BCUT2D eigenvalue weighted by atomic mass is 35.5. The number of piperazine rings is 1. The zero-order chi connectivity index (χ0) is 21.9. The van der Waals surface area contributed by atoms with Crippen molar-refractivity contribution in [2.75, 3.05) is 42.7 Å². The molecule has 1 amide bonds. The molecule has 1 fully saturated rings. The highest BCUT2D eigenvalue weighted by Gasteiger charge is 2.23. The van der Waals surface area contributed by atoms with E-state index in [0.29, 0.717) is 42.5 Å². The summed E-state index contributed by atoms with van der Waals surface area (Å²) in [5.74, 6) is -0.397. The Morgan fingerprint density at radius 2 is 1.63 bits per heavy atom. The lowest BCUT2D eigenvalue weighted by molar-refractivity contribution is 0.0977. The maximum absolute atomic E-state index is 12.3. The molecule has 0 atom stereocenters. The van der Waals surface area contributed by atoms with Gasteiger partial charge in [0.05, 0.1) is 16.3 Å². The Kier molecular flexibility index (Phi) is 7.20. The molecule has 30 heavy (non-hydrogen) atoms. The van der Waals surface area contributed by atoms with Gasteiger partial charge in [-0.2, -0.15) is 4.31 Å². The van der Waals surface area contributed by atoms with Crippen LogP contribution >= 0.6 is 35.4 Å². The van der Waals surface area contributed by atoms with E-state index in [1.54, 1.807) is 12.1 Å². The molecule has 1 heterocycles. The number of hydrogen-bond acceptors (Lipinski definition) is 5. The average Bonchev–Trinajstić information content (AvgIpc) is 2.70. The van der Waals surface area contributed by atoms with Gasteiger partial charge in [0.2, 0.25) is 10.0 Å². The van der Waals surface area contributed by atoms with Gasteiger partial charge in [0.25, 0.3) is 5.91 Å². The summed E-state index contributed by atoms with van der Waals surface area (Å²) in [4.78, 5) is 14.4. The number of benzene rings is 2. The minimum atomic E-state index is -3.15. The first-order valence-corrected chi connectivity index (χ1v) is 12.0. The van der Waals surface area contributed by atoms with Crippen molar-refractivity contribution in [2.45, 2.75) is 0 Å². The van der Waals surface area contributed by atoms with Gasteiger partial charge in [0.15, 0.2) is 5.11 Å². The van der Waals surface area contributed by atoms with Crippen molar-refractivity contribution < 1.29 is 13.2 Å². The van der Waals surface area contributed by atoms with Crippen molar-refractivity contribution in [2.24, 2.45) is 0 Å². The number of nitrogens with zero attached hydrogens (tertiary/aromatic N) is 2. The van der Waals surface area contributed by atoms with E-state index in [-0.39, 0.29) is 10.1 Å². The van der Waals surface area contributed by atoms with E-state index in [4.69, 9.17) is 35.4 Å². The van der Waals surface area contributed by atoms with Gasteiger partial charge in [0, 0.05) is 43.1 Å². The van der Waals surface area contributed by atoms with Crippen LogP contribution in [0.2, 0.25) is 10.0 Å². The molecular formula is C19H20Cl2N4O3S2. The maximum atomic E-state index is 12.3. The van der Waals surface area contributed by atoms with Gasteiger partial charge in [-0.25, -0.2) is 8.42 Å². The number of rotatable bonds is 4. The molecule has 1 saturated heterocycles. The first-order valence-electron chi connectivity index (χ1n) is 9.01. The van der Waals surface area contributed by atoms with E-state index >= 15 is 0 Å². The SMILES string of the molecule is CS(=O)(=O)N1CCN(c2ccc(NC(=S)NC(=O)c3ccc(Cl)c(Cl)c3)cc2)CC1. The Balaban J connectivity index is 1.54. The number of nitrogens with one attached hydrogen (secondary N) is 2. The third kappa shape index (κ3) is 5.83. The van der Waals surface area contributed by atoms with E-state index in [0.717, 1.165) is 5.69 Å². The molecule has 160 valence electrons. The molecule has 0 saturated carbocycles. The van der Waals surface area contributed by atoms with E-state index in [1.165, 1.54) is 16.6 Å². The Morgan fingerprint density at radius 1 is 1.00 bits per heavy atom. The second-order valence-corrected chi connectivity index (χ2v) is 9.94. The molecule has 3 rings (SSSR count).